The van der Waals surface area contributed by atoms with Crippen molar-refractivity contribution in [2.24, 2.45) is 0 Å². The molecule has 4 aromatic rings. The fourth-order valence-electron chi connectivity index (χ4n) is 4.63. The molecular formula is C29H27N3O4. The van der Waals surface area contributed by atoms with Gasteiger partial charge < -0.3 is 9.32 Å². The Balaban J connectivity index is 1.42. The van der Waals surface area contributed by atoms with Gasteiger partial charge in [-0.25, -0.2) is 9.88 Å². The number of benzene rings is 3. The maximum atomic E-state index is 13.5. The Morgan fingerprint density at radius 1 is 1.08 bits per heavy atom. The van der Waals surface area contributed by atoms with Gasteiger partial charge in [0, 0.05) is 17.2 Å². The standard InChI is InChI=1S/C29H27N3O4/c1-4-19(3)31(28(34)21-9-7-8-18(2)16-21)24-17-26(33)32(29(24)35)22-14-12-20(13-15-22)27-30-23-10-5-6-11-25(23)36-27/h5-16,19,24H,4,17H2,1-3H3. The number of nitrogens with zero attached hydrogens (tertiary/aromatic N) is 3. The third kappa shape index (κ3) is 4.17. The Kier molecular flexibility index (Phi) is 6.14. The quantitative estimate of drug-likeness (QED) is 0.346. The first-order valence-corrected chi connectivity index (χ1v) is 12.1. The van der Waals surface area contributed by atoms with E-state index in [1.807, 2.05) is 63.2 Å². The molecule has 2 unspecified atom stereocenters. The van der Waals surface area contributed by atoms with Crippen molar-refractivity contribution in [3.8, 4) is 11.5 Å². The van der Waals surface area contributed by atoms with Crippen molar-refractivity contribution in [2.45, 2.75) is 45.7 Å². The molecule has 1 aromatic heterocycles. The van der Waals surface area contributed by atoms with E-state index >= 15 is 0 Å². The van der Waals surface area contributed by atoms with Crippen molar-refractivity contribution in [3.63, 3.8) is 0 Å². The van der Waals surface area contributed by atoms with E-state index in [1.54, 1.807) is 35.2 Å². The molecule has 2 heterocycles. The SMILES string of the molecule is CCC(C)N(C(=O)c1cccc(C)c1)C1CC(=O)N(c2ccc(-c3nc4ccccc4o3)cc2)C1=O. The fourth-order valence-corrected chi connectivity index (χ4v) is 4.63. The number of fused-ring (bicyclic) bond motifs is 1. The number of aryl methyl sites for hydroxylation is 1. The lowest BCUT2D eigenvalue weighted by molar-refractivity contribution is -0.122. The van der Waals surface area contributed by atoms with Gasteiger partial charge in [-0.05, 0) is 68.8 Å². The van der Waals surface area contributed by atoms with Crippen LogP contribution < -0.4 is 4.90 Å². The Hall–Kier alpha value is -4.26. The summed E-state index contributed by atoms with van der Waals surface area (Å²) in [6, 6.07) is 20.7. The van der Waals surface area contributed by atoms with Gasteiger partial charge >= 0.3 is 0 Å². The summed E-state index contributed by atoms with van der Waals surface area (Å²) in [6.45, 7) is 5.79. The summed E-state index contributed by atoms with van der Waals surface area (Å²) in [5.41, 5.74) is 4.11. The van der Waals surface area contributed by atoms with Crippen LogP contribution in [0.5, 0.6) is 0 Å². The molecule has 3 aromatic carbocycles. The summed E-state index contributed by atoms with van der Waals surface area (Å²) in [5.74, 6) is -0.500. The van der Waals surface area contributed by atoms with Crippen molar-refractivity contribution in [1.82, 2.24) is 9.88 Å². The van der Waals surface area contributed by atoms with Crippen LogP contribution in [-0.2, 0) is 9.59 Å². The van der Waals surface area contributed by atoms with Crippen molar-refractivity contribution in [3.05, 3.63) is 83.9 Å². The lowest BCUT2D eigenvalue weighted by atomic mass is 10.0. The second-order valence-electron chi connectivity index (χ2n) is 9.16. The van der Waals surface area contributed by atoms with Crippen LogP contribution >= 0.6 is 0 Å². The summed E-state index contributed by atoms with van der Waals surface area (Å²) < 4.78 is 5.82. The molecule has 0 N–H and O–H groups in total. The lowest BCUT2D eigenvalue weighted by Crippen LogP contribution is -2.49. The molecule has 5 rings (SSSR count). The van der Waals surface area contributed by atoms with Crippen LogP contribution in [0.25, 0.3) is 22.6 Å². The molecule has 0 spiro atoms. The molecule has 36 heavy (non-hydrogen) atoms. The number of hydrogen-bond acceptors (Lipinski definition) is 5. The molecular weight excluding hydrogens is 454 g/mol. The van der Waals surface area contributed by atoms with E-state index < -0.39 is 11.9 Å². The Morgan fingerprint density at radius 3 is 2.53 bits per heavy atom. The topological polar surface area (TPSA) is 83.7 Å². The number of carbonyl (C=O) groups is 3. The molecule has 182 valence electrons. The van der Waals surface area contributed by atoms with Gasteiger partial charge in [0.15, 0.2) is 5.58 Å². The Morgan fingerprint density at radius 2 is 1.83 bits per heavy atom. The van der Waals surface area contributed by atoms with E-state index in [1.165, 1.54) is 4.90 Å². The van der Waals surface area contributed by atoms with Crippen molar-refractivity contribution in [1.29, 1.82) is 0 Å². The molecule has 0 saturated carbocycles. The zero-order valence-electron chi connectivity index (χ0n) is 20.5. The maximum absolute atomic E-state index is 13.5. The molecule has 0 bridgehead atoms. The normalized spacial score (nSPS) is 16.5. The number of oxazole rings is 1. The van der Waals surface area contributed by atoms with Crippen molar-refractivity contribution in [2.75, 3.05) is 4.90 Å². The lowest BCUT2D eigenvalue weighted by Gasteiger charge is -2.33. The van der Waals surface area contributed by atoms with Crippen LogP contribution in [0.4, 0.5) is 5.69 Å². The van der Waals surface area contributed by atoms with E-state index in [2.05, 4.69) is 4.98 Å². The zero-order chi connectivity index (χ0) is 25.4. The first-order chi connectivity index (χ1) is 17.4. The molecule has 1 aliphatic rings. The minimum absolute atomic E-state index is 0.0480. The summed E-state index contributed by atoms with van der Waals surface area (Å²) in [6.07, 6.45) is 0.613. The predicted molar refractivity (Wildman–Crippen MR) is 137 cm³/mol. The van der Waals surface area contributed by atoms with E-state index in [0.29, 0.717) is 29.1 Å². The molecule has 0 radical (unpaired) electrons. The van der Waals surface area contributed by atoms with Gasteiger partial charge in [0.05, 0.1) is 12.1 Å². The van der Waals surface area contributed by atoms with Crippen LogP contribution in [-0.4, -0.2) is 39.7 Å². The predicted octanol–water partition coefficient (Wildman–Crippen LogP) is 5.38. The van der Waals surface area contributed by atoms with Crippen molar-refractivity contribution >= 4 is 34.5 Å². The highest BCUT2D eigenvalue weighted by Gasteiger charge is 2.45. The van der Waals surface area contributed by atoms with Crippen LogP contribution in [0.3, 0.4) is 0 Å². The highest BCUT2D eigenvalue weighted by Crippen LogP contribution is 2.31. The van der Waals surface area contributed by atoms with Gasteiger partial charge in [0.1, 0.15) is 11.6 Å². The molecule has 1 saturated heterocycles. The van der Waals surface area contributed by atoms with Gasteiger partial charge in [-0.1, -0.05) is 36.8 Å². The molecule has 0 aliphatic carbocycles. The number of imide groups is 1. The second-order valence-corrected chi connectivity index (χ2v) is 9.16. The molecule has 1 aliphatic heterocycles. The summed E-state index contributed by atoms with van der Waals surface area (Å²) in [5, 5.41) is 0. The number of anilines is 1. The van der Waals surface area contributed by atoms with E-state index in [4.69, 9.17) is 4.42 Å². The molecule has 7 heteroatoms. The van der Waals surface area contributed by atoms with Crippen LogP contribution in [0.15, 0.2) is 77.2 Å². The van der Waals surface area contributed by atoms with Gasteiger partial charge in [0.25, 0.3) is 11.8 Å². The monoisotopic (exact) mass is 481 g/mol. The third-order valence-corrected chi connectivity index (χ3v) is 6.69. The number of rotatable bonds is 6. The number of hydrogen-bond donors (Lipinski definition) is 0. The van der Waals surface area contributed by atoms with Crippen LogP contribution in [0.1, 0.15) is 42.6 Å². The van der Waals surface area contributed by atoms with Gasteiger partial charge in [0.2, 0.25) is 11.8 Å². The molecule has 2 atom stereocenters. The van der Waals surface area contributed by atoms with E-state index in [-0.39, 0.29) is 24.3 Å². The van der Waals surface area contributed by atoms with Crippen LogP contribution in [0, 0.1) is 6.92 Å². The van der Waals surface area contributed by atoms with Gasteiger partial charge in [-0.3, -0.25) is 14.4 Å². The fraction of sp³-hybridized carbons (Fsp3) is 0.241. The van der Waals surface area contributed by atoms with Gasteiger partial charge in [-0.15, -0.1) is 0 Å². The minimum atomic E-state index is -0.850. The first kappa shape index (κ1) is 23.5. The first-order valence-electron chi connectivity index (χ1n) is 12.1. The number of aromatic nitrogens is 1. The highest BCUT2D eigenvalue weighted by atomic mass is 16.3. The highest BCUT2D eigenvalue weighted by molar-refractivity contribution is 6.23. The average molecular weight is 482 g/mol. The smallest absolute Gasteiger partial charge is 0.257 e. The number of carbonyl (C=O) groups excluding carboxylic acids is 3. The number of para-hydroxylation sites is 2. The minimum Gasteiger partial charge on any atom is -0.436 e. The largest absolute Gasteiger partial charge is 0.436 e. The third-order valence-electron chi connectivity index (χ3n) is 6.69. The summed E-state index contributed by atoms with van der Waals surface area (Å²) >= 11 is 0. The molecule has 1 fully saturated rings. The van der Waals surface area contributed by atoms with E-state index in [0.717, 1.165) is 16.6 Å². The number of amides is 3. The second kappa shape index (κ2) is 9.41. The zero-order valence-corrected chi connectivity index (χ0v) is 20.5. The Labute approximate surface area is 209 Å². The Bertz CT molecular complexity index is 1420. The summed E-state index contributed by atoms with van der Waals surface area (Å²) in [7, 11) is 0. The van der Waals surface area contributed by atoms with Crippen LogP contribution in [0.2, 0.25) is 0 Å². The average Bonchev–Trinajstić information content (AvgIpc) is 3.44. The van der Waals surface area contributed by atoms with E-state index in [9.17, 15) is 14.4 Å². The molecule has 3 amide bonds. The summed E-state index contributed by atoms with van der Waals surface area (Å²) in [4.78, 5) is 47.3. The van der Waals surface area contributed by atoms with Crippen molar-refractivity contribution < 1.29 is 18.8 Å². The van der Waals surface area contributed by atoms with Gasteiger partial charge in [-0.2, -0.15) is 0 Å². The molecule has 7 nitrogen and oxygen atoms in total. The maximum Gasteiger partial charge on any atom is 0.257 e.